The summed E-state index contributed by atoms with van der Waals surface area (Å²) < 4.78 is 28.4. The van der Waals surface area contributed by atoms with E-state index in [0.717, 1.165) is 29.3 Å². The van der Waals surface area contributed by atoms with E-state index >= 15 is 0 Å². The molecule has 2 aromatic rings. The third-order valence-corrected chi connectivity index (χ3v) is 5.35. The third kappa shape index (κ3) is 5.99. The van der Waals surface area contributed by atoms with Crippen LogP contribution in [0.3, 0.4) is 0 Å². The minimum atomic E-state index is -3.16. The molecule has 0 heterocycles. The van der Waals surface area contributed by atoms with E-state index in [1.165, 1.54) is 6.26 Å². The van der Waals surface area contributed by atoms with Gasteiger partial charge in [0.15, 0.2) is 15.8 Å². The first-order valence-electron chi connectivity index (χ1n) is 8.68. The van der Waals surface area contributed by atoms with Gasteiger partial charge in [0.1, 0.15) is 5.75 Å². The highest BCUT2D eigenvalue weighted by atomic mass is 32.2. The van der Waals surface area contributed by atoms with E-state index < -0.39 is 9.84 Å². The average molecular weight is 390 g/mol. The number of guanidine groups is 1. The molecule has 2 rings (SSSR count). The molecule has 0 spiro atoms. The van der Waals surface area contributed by atoms with Crippen LogP contribution >= 0.6 is 0 Å². The fourth-order valence-electron chi connectivity index (χ4n) is 2.77. The Morgan fingerprint density at radius 3 is 2.41 bits per heavy atom. The fraction of sp³-hybridized carbons (Fsp3) is 0.350. The predicted octanol–water partition coefficient (Wildman–Crippen LogP) is 2.35. The maximum absolute atomic E-state index is 11.5. The number of para-hydroxylation sites is 1. The van der Waals surface area contributed by atoms with Crippen LogP contribution < -0.4 is 10.1 Å². The Bertz CT molecular complexity index is 878. The summed E-state index contributed by atoms with van der Waals surface area (Å²) in [6, 6.07) is 14.9. The molecule has 27 heavy (non-hydrogen) atoms. The standard InChI is InChI=1S/C20H27N3O3S/c1-21-20(23(2)15-17-7-5-6-8-19(17)26-3)22-14-13-16-9-11-18(12-10-16)27(4,24)25/h5-12H,13-15H2,1-4H3,(H,21,22). The van der Waals surface area contributed by atoms with Crippen molar-refractivity contribution < 1.29 is 13.2 Å². The molecule has 0 amide bonds. The zero-order valence-corrected chi connectivity index (χ0v) is 17.1. The Hall–Kier alpha value is -2.54. The predicted molar refractivity (Wildman–Crippen MR) is 109 cm³/mol. The molecular weight excluding hydrogens is 362 g/mol. The van der Waals surface area contributed by atoms with E-state index in [0.29, 0.717) is 18.0 Å². The lowest BCUT2D eigenvalue weighted by Gasteiger charge is -2.23. The highest BCUT2D eigenvalue weighted by Crippen LogP contribution is 2.18. The normalized spacial score (nSPS) is 11.9. The molecule has 0 fully saturated rings. The largest absolute Gasteiger partial charge is 0.496 e. The van der Waals surface area contributed by atoms with E-state index in [1.54, 1.807) is 26.3 Å². The monoisotopic (exact) mass is 389 g/mol. The smallest absolute Gasteiger partial charge is 0.193 e. The minimum absolute atomic E-state index is 0.339. The van der Waals surface area contributed by atoms with Crippen molar-refractivity contribution in [1.82, 2.24) is 10.2 Å². The number of hydrogen-bond donors (Lipinski definition) is 1. The first kappa shape index (κ1) is 20.8. The van der Waals surface area contributed by atoms with Crippen LogP contribution in [0.2, 0.25) is 0 Å². The second-order valence-corrected chi connectivity index (χ2v) is 8.32. The molecule has 146 valence electrons. The van der Waals surface area contributed by atoms with Gasteiger partial charge in [-0.05, 0) is 30.2 Å². The summed E-state index contributed by atoms with van der Waals surface area (Å²) in [4.78, 5) is 6.70. The van der Waals surface area contributed by atoms with Gasteiger partial charge in [-0.2, -0.15) is 0 Å². The van der Waals surface area contributed by atoms with E-state index in [-0.39, 0.29) is 0 Å². The summed E-state index contributed by atoms with van der Waals surface area (Å²) in [7, 11) is 2.24. The quantitative estimate of drug-likeness (QED) is 0.581. The molecule has 0 bridgehead atoms. The van der Waals surface area contributed by atoms with Crippen molar-refractivity contribution >= 4 is 15.8 Å². The number of nitrogens with one attached hydrogen (secondary N) is 1. The minimum Gasteiger partial charge on any atom is -0.496 e. The van der Waals surface area contributed by atoms with Crippen molar-refractivity contribution in [1.29, 1.82) is 0 Å². The maximum Gasteiger partial charge on any atom is 0.193 e. The van der Waals surface area contributed by atoms with Gasteiger partial charge in [-0.3, -0.25) is 4.99 Å². The highest BCUT2D eigenvalue weighted by Gasteiger charge is 2.10. The SMILES string of the molecule is CN=C(NCCc1ccc(S(C)(=O)=O)cc1)N(C)Cc1ccccc1OC. The molecule has 0 saturated carbocycles. The molecule has 7 heteroatoms. The van der Waals surface area contributed by atoms with E-state index in [2.05, 4.69) is 10.3 Å². The maximum atomic E-state index is 11.5. The fourth-order valence-corrected chi connectivity index (χ4v) is 3.40. The second kappa shape index (κ2) is 9.41. The molecule has 1 N–H and O–H groups in total. The van der Waals surface area contributed by atoms with E-state index in [1.807, 2.05) is 48.3 Å². The van der Waals surface area contributed by atoms with Crippen molar-refractivity contribution in [3.05, 3.63) is 59.7 Å². The van der Waals surface area contributed by atoms with Crippen LogP contribution in [0.25, 0.3) is 0 Å². The summed E-state index contributed by atoms with van der Waals surface area (Å²) in [5.41, 5.74) is 2.15. The van der Waals surface area contributed by atoms with Gasteiger partial charge in [0.2, 0.25) is 0 Å². The summed E-state index contributed by atoms with van der Waals surface area (Å²) >= 11 is 0. The van der Waals surface area contributed by atoms with Gasteiger partial charge >= 0.3 is 0 Å². The van der Waals surface area contributed by atoms with Gasteiger partial charge in [0.25, 0.3) is 0 Å². The van der Waals surface area contributed by atoms with Gasteiger partial charge in [-0.25, -0.2) is 8.42 Å². The second-order valence-electron chi connectivity index (χ2n) is 6.31. The Morgan fingerprint density at radius 1 is 1.15 bits per heavy atom. The van der Waals surface area contributed by atoms with Gasteiger partial charge < -0.3 is 15.0 Å². The number of rotatable bonds is 7. The van der Waals surface area contributed by atoms with Crippen molar-refractivity contribution in [2.45, 2.75) is 17.9 Å². The molecule has 0 radical (unpaired) electrons. The number of aliphatic imine (C=N–C) groups is 1. The lowest BCUT2D eigenvalue weighted by Crippen LogP contribution is -2.39. The molecule has 6 nitrogen and oxygen atoms in total. The molecule has 0 aliphatic carbocycles. The lowest BCUT2D eigenvalue weighted by atomic mass is 10.1. The lowest BCUT2D eigenvalue weighted by molar-refractivity contribution is 0.396. The van der Waals surface area contributed by atoms with Crippen LogP contribution in [0.4, 0.5) is 0 Å². The Labute approximate surface area is 161 Å². The zero-order chi connectivity index (χ0) is 19.9. The van der Waals surface area contributed by atoms with Crippen molar-refractivity contribution in [2.75, 3.05) is 34.0 Å². The Morgan fingerprint density at radius 2 is 1.81 bits per heavy atom. The summed E-state index contributed by atoms with van der Waals surface area (Å²) in [6.45, 7) is 1.37. The number of nitrogens with zero attached hydrogens (tertiary/aromatic N) is 2. The van der Waals surface area contributed by atoms with Crippen LogP contribution in [0.15, 0.2) is 58.4 Å². The molecule has 0 aromatic heterocycles. The molecule has 0 aliphatic heterocycles. The molecular formula is C20H27N3O3S. The number of ether oxygens (including phenoxy) is 1. The number of sulfone groups is 1. The number of methoxy groups -OCH3 is 1. The summed E-state index contributed by atoms with van der Waals surface area (Å²) in [5, 5.41) is 3.34. The first-order valence-corrected chi connectivity index (χ1v) is 10.6. The highest BCUT2D eigenvalue weighted by molar-refractivity contribution is 7.90. The number of hydrogen-bond acceptors (Lipinski definition) is 4. The van der Waals surface area contributed by atoms with Crippen LogP contribution in [-0.2, 0) is 22.8 Å². The zero-order valence-electron chi connectivity index (χ0n) is 16.3. The number of benzene rings is 2. The Balaban J connectivity index is 1.91. The third-order valence-electron chi connectivity index (χ3n) is 4.22. The molecule has 0 saturated heterocycles. The summed E-state index contributed by atoms with van der Waals surface area (Å²) in [5.74, 6) is 1.64. The van der Waals surface area contributed by atoms with E-state index in [9.17, 15) is 8.42 Å². The van der Waals surface area contributed by atoms with Crippen molar-refractivity contribution in [3.63, 3.8) is 0 Å². The van der Waals surface area contributed by atoms with Gasteiger partial charge in [-0.15, -0.1) is 0 Å². The van der Waals surface area contributed by atoms with E-state index in [4.69, 9.17) is 4.74 Å². The van der Waals surface area contributed by atoms with Crippen molar-refractivity contribution in [2.24, 2.45) is 4.99 Å². The topological polar surface area (TPSA) is 71.0 Å². The van der Waals surface area contributed by atoms with Gasteiger partial charge in [0, 0.05) is 39.0 Å². The molecule has 2 aromatic carbocycles. The van der Waals surface area contributed by atoms with Crippen LogP contribution in [0, 0.1) is 0 Å². The Kier molecular flexibility index (Phi) is 7.24. The van der Waals surface area contributed by atoms with Crippen molar-refractivity contribution in [3.8, 4) is 5.75 Å². The van der Waals surface area contributed by atoms with Gasteiger partial charge in [0.05, 0.1) is 12.0 Å². The molecule has 0 atom stereocenters. The summed E-state index contributed by atoms with van der Waals surface area (Å²) in [6.07, 6.45) is 1.98. The van der Waals surface area contributed by atoms with Crippen LogP contribution in [0.5, 0.6) is 5.75 Å². The van der Waals surface area contributed by atoms with Gasteiger partial charge in [-0.1, -0.05) is 30.3 Å². The molecule has 0 unspecified atom stereocenters. The first-order chi connectivity index (χ1) is 12.8. The van der Waals surface area contributed by atoms with Crippen LogP contribution in [-0.4, -0.2) is 53.3 Å². The average Bonchev–Trinajstić information content (AvgIpc) is 2.65. The molecule has 0 aliphatic rings. The van der Waals surface area contributed by atoms with Crippen LogP contribution in [0.1, 0.15) is 11.1 Å².